The number of rotatable bonds is 3. The maximum absolute atomic E-state index is 12.2. The lowest BCUT2D eigenvalue weighted by molar-refractivity contribution is 0.265. The van der Waals surface area contributed by atoms with Gasteiger partial charge in [-0.05, 0) is 40.0 Å². The summed E-state index contributed by atoms with van der Waals surface area (Å²) < 4.78 is 1.69. The molecule has 0 radical (unpaired) electrons. The molecule has 0 aliphatic heterocycles. The minimum absolute atomic E-state index is 0.0899. The molecule has 1 heterocycles. The Hall–Kier alpha value is -1.36. The zero-order chi connectivity index (χ0) is 13.4. The summed E-state index contributed by atoms with van der Waals surface area (Å²) in [7, 11) is 0. The van der Waals surface area contributed by atoms with Gasteiger partial charge in [0.2, 0.25) is 0 Å². The fourth-order valence-electron chi connectivity index (χ4n) is 2.13. The topological polar surface area (TPSA) is 72.9 Å². The zero-order valence-corrected chi connectivity index (χ0v) is 11.4. The molecule has 0 unspecified atom stereocenters. The average molecular weight is 250 g/mol. The Morgan fingerprint density at radius 3 is 2.67 bits per heavy atom. The normalized spacial score (nSPS) is 18.2. The molecule has 5 heteroatoms. The minimum atomic E-state index is -0.243. The summed E-state index contributed by atoms with van der Waals surface area (Å²) in [5.41, 5.74) is 5.64. The van der Waals surface area contributed by atoms with Crippen LogP contribution in [-0.2, 0) is 5.54 Å². The van der Waals surface area contributed by atoms with Gasteiger partial charge in [-0.3, -0.25) is 4.79 Å². The van der Waals surface area contributed by atoms with Crippen LogP contribution < -0.4 is 16.6 Å². The van der Waals surface area contributed by atoms with Crippen molar-refractivity contribution in [3.8, 4) is 0 Å². The van der Waals surface area contributed by atoms with Crippen molar-refractivity contribution in [3.63, 3.8) is 0 Å². The first-order valence-electron chi connectivity index (χ1n) is 6.43. The van der Waals surface area contributed by atoms with Gasteiger partial charge in [-0.15, -0.1) is 0 Å². The molecule has 18 heavy (non-hydrogen) atoms. The maximum Gasteiger partial charge on any atom is 0.293 e. The molecule has 1 saturated carbocycles. The van der Waals surface area contributed by atoms with Crippen molar-refractivity contribution < 1.29 is 0 Å². The molecule has 3 N–H and O–H groups in total. The predicted octanol–water partition coefficient (Wildman–Crippen LogP) is 1.29. The Balaban J connectivity index is 2.16. The highest BCUT2D eigenvalue weighted by molar-refractivity contribution is 5.32. The Morgan fingerprint density at radius 2 is 2.17 bits per heavy atom. The van der Waals surface area contributed by atoms with E-state index in [2.05, 4.69) is 10.3 Å². The van der Waals surface area contributed by atoms with Crippen molar-refractivity contribution in [1.82, 2.24) is 9.55 Å². The summed E-state index contributed by atoms with van der Waals surface area (Å²) in [6.45, 7) is 6.60. The van der Waals surface area contributed by atoms with Gasteiger partial charge in [0.15, 0.2) is 5.82 Å². The van der Waals surface area contributed by atoms with E-state index in [1.54, 1.807) is 17.0 Å². The molecule has 1 aromatic rings. The molecule has 5 nitrogen and oxygen atoms in total. The van der Waals surface area contributed by atoms with Gasteiger partial charge < -0.3 is 15.6 Å². The minimum Gasteiger partial charge on any atom is -0.364 e. The van der Waals surface area contributed by atoms with Crippen molar-refractivity contribution in [2.75, 3.05) is 11.9 Å². The second kappa shape index (κ2) is 4.39. The molecule has 2 rings (SSSR count). The lowest BCUT2D eigenvalue weighted by atomic mass is 9.78. The van der Waals surface area contributed by atoms with Crippen LogP contribution in [0.2, 0.25) is 0 Å². The van der Waals surface area contributed by atoms with Crippen LogP contribution in [0.3, 0.4) is 0 Å². The summed E-state index contributed by atoms with van der Waals surface area (Å²) in [5.74, 6) is 0.393. The summed E-state index contributed by atoms with van der Waals surface area (Å²) >= 11 is 0. The summed E-state index contributed by atoms with van der Waals surface area (Å²) in [6, 6.07) is 0. The molecular formula is C13H22N4O. The van der Waals surface area contributed by atoms with Crippen molar-refractivity contribution in [2.45, 2.75) is 51.1 Å². The SMILES string of the molecule is CC(C)(C)n1ccnc(NCC2(N)CCC2)c1=O. The molecule has 0 aromatic carbocycles. The fraction of sp³-hybridized carbons (Fsp3) is 0.692. The van der Waals surface area contributed by atoms with E-state index in [-0.39, 0.29) is 16.6 Å². The average Bonchev–Trinajstić information content (AvgIpc) is 2.23. The van der Waals surface area contributed by atoms with E-state index in [0.717, 1.165) is 12.8 Å². The molecular weight excluding hydrogens is 228 g/mol. The quantitative estimate of drug-likeness (QED) is 0.848. The second-order valence-corrected chi connectivity index (χ2v) is 6.19. The van der Waals surface area contributed by atoms with E-state index in [1.165, 1.54) is 6.42 Å². The van der Waals surface area contributed by atoms with Crippen LogP contribution in [0.1, 0.15) is 40.0 Å². The Morgan fingerprint density at radius 1 is 1.50 bits per heavy atom. The number of hydrogen-bond donors (Lipinski definition) is 2. The Labute approximate surface area is 107 Å². The van der Waals surface area contributed by atoms with E-state index in [1.807, 2.05) is 20.8 Å². The van der Waals surface area contributed by atoms with Gasteiger partial charge in [-0.25, -0.2) is 4.98 Å². The molecule has 0 amide bonds. The molecule has 1 fully saturated rings. The molecule has 1 aliphatic rings. The standard InChI is InChI=1S/C13H22N4O/c1-12(2,3)17-8-7-15-10(11(17)18)16-9-13(14)5-4-6-13/h7-8H,4-6,9,14H2,1-3H3,(H,15,16). The first kappa shape index (κ1) is 13.1. The van der Waals surface area contributed by atoms with Crippen LogP contribution in [0.4, 0.5) is 5.82 Å². The van der Waals surface area contributed by atoms with Crippen molar-refractivity contribution in [3.05, 3.63) is 22.7 Å². The van der Waals surface area contributed by atoms with Crippen LogP contribution in [-0.4, -0.2) is 21.6 Å². The third-order valence-electron chi connectivity index (χ3n) is 3.52. The third kappa shape index (κ3) is 2.56. The molecule has 1 aliphatic carbocycles. The lowest BCUT2D eigenvalue weighted by Gasteiger charge is -2.38. The van der Waals surface area contributed by atoms with Gasteiger partial charge in [0.25, 0.3) is 5.56 Å². The van der Waals surface area contributed by atoms with Crippen molar-refractivity contribution in [2.24, 2.45) is 5.73 Å². The third-order valence-corrected chi connectivity index (χ3v) is 3.52. The predicted molar refractivity (Wildman–Crippen MR) is 72.8 cm³/mol. The number of nitrogens with zero attached hydrogens (tertiary/aromatic N) is 2. The van der Waals surface area contributed by atoms with Crippen LogP contribution in [0.15, 0.2) is 17.2 Å². The molecule has 1 aromatic heterocycles. The van der Waals surface area contributed by atoms with Crippen LogP contribution in [0.25, 0.3) is 0 Å². The summed E-state index contributed by atoms with van der Waals surface area (Å²) in [4.78, 5) is 16.3. The van der Waals surface area contributed by atoms with Crippen molar-refractivity contribution >= 4 is 5.82 Å². The number of hydrogen-bond acceptors (Lipinski definition) is 4. The van der Waals surface area contributed by atoms with Crippen molar-refractivity contribution in [1.29, 1.82) is 0 Å². The van der Waals surface area contributed by atoms with Gasteiger partial charge in [0.1, 0.15) is 0 Å². The molecule has 0 spiro atoms. The van der Waals surface area contributed by atoms with E-state index < -0.39 is 0 Å². The smallest absolute Gasteiger partial charge is 0.293 e. The van der Waals surface area contributed by atoms with E-state index >= 15 is 0 Å². The summed E-state index contributed by atoms with van der Waals surface area (Å²) in [5, 5.41) is 3.10. The second-order valence-electron chi connectivity index (χ2n) is 6.19. The van der Waals surface area contributed by atoms with Crippen LogP contribution in [0, 0.1) is 0 Å². The highest BCUT2D eigenvalue weighted by atomic mass is 16.1. The van der Waals surface area contributed by atoms with Gasteiger partial charge in [-0.1, -0.05) is 0 Å². The van der Waals surface area contributed by atoms with Crippen LogP contribution in [0.5, 0.6) is 0 Å². The Bertz CT molecular complexity index is 482. The van der Waals surface area contributed by atoms with Gasteiger partial charge in [0, 0.05) is 30.0 Å². The molecule has 0 atom stereocenters. The van der Waals surface area contributed by atoms with E-state index in [9.17, 15) is 4.79 Å². The fourth-order valence-corrected chi connectivity index (χ4v) is 2.13. The maximum atomic E-state index is 12.2. The number of nitrogens with two attached hydrogens (primary N) is 1. The van der Waals surface area contributed by atoms with E-state index in [4.69, 9.17) is 5.73 Å². The summed E-state index contributed by atoms with van der Waals surface area (Å²) in [6.07, 6.45) is 6.57. The van der Waals surface area contributed by atoms with Gasteiger partial charge in [-0.2, -0.15) is 0 Å². The Kier molecular flexibility index (Phi) is 3.19. The molecule has 100 valence electrons. The largest absolute Gasteiger partial charge is 0.364 e. The van der Waals surface area contributed by atoms with Gasteiger partial charge in [0.05, 0.1) is 0 Å². The highest BCUT2D eigenvalue weighted by Crippen LogP contribution is 2.28. The number of aromatic nitrogens is 2. The lowest BCUT2D eigenvalue weighted by Crippen LogP contribution is -2.52. The zero-order valence-electron chi connectivity index (χ0n) is 11.4. The van der Waals surface area contributed by atoms with E-state index in [0.29, 0.717) is 12.4 Å². The van der Waals surface area contributed by atoms with Crippen LogP contribution >= 0.6 is 0 Å². The first-order valence-corrected chi connectivity index (χ1v) is 6.43. The highest BCUT2D eigenvalue weighted by Gasteiger charge is 2.32. The number of anilines is 1. The molecule has 0 saturated heterocycles. The monoisotopic (exact) mass is 250 g/mol. The number of nitrogens with one attached hydrogen (secondary N) is 1. The first-order chi connectivity index (χ1) is 8.32. The van der Waals surface area contributed by atoms with Gasteiger partial charge >= 0.3 is 0 Å². The molecule has 0 bridgehead atoms.